The van der Waals surface area contributed by atoms with Crippen molar-refractivity contribution in [2.45, 2.75) is 13.3 Å². The Kier molecular flexibility index (Phi) is 5.69. The highest BCUT2D eigenvalue weighted by atomic mass is 16.2. The van der Waals surface area contributed by atoms with Crippen molar-refractivity contribution in [1.29, 1.82) is 0 Å². The van der Waals surface area contributed by atoms with E-state index in [4.69, 9.17) is 0 Å². The van der Waals surface area contributed by atoms with Gasteiger partial charge in [-0.05, 0) is 6.42 Å². The van der Waals surface area contributed by atoms with Gasteiger partial charge in [-0.2, -0.15) is 0 Å². The summed E-state index contributed by atoms with van der Waals surface area (Å²) in [7, 11) is 0. The third-order valence-electron chi connectivity index (χ3n) is 1.15. The zero-order valence-corrected chi connectivity index (χ0v) is 7.22. The monoisotopic (exact) mass is 170 g/mol. The molecule has 0 saturated heterocycles. The van der Waals surface area contributed by atoms with Crippen molar-refractivity contribution in [3.05, 3.63) is 12.7 Å². The first kappa shape index (κ1) is 10.7. The summed E-state index contributed by atoms with van der Waals surface area (Å²) in [5.74, 6) is -1.19. The Morgan fingerprint density at radius 1 is 1.33 bits per heavy atom. The standard InChI is InChI=1S/C8H14N2O2/c1-3-5-9-7(11)8(12)10-6-4-2/h3H,1,4-6H2,2H3,(H,9,11)(H,10,12). The Labute approximate surface area is 72.0 Å². The quantitative estimate of drug-likeness (QED) is 0.454. The second kappa shape index (κ2) is 6.39. The first-order valence-electron chi connectivity index (χ1n) is 3.89. The molecule has 0 aliphatic heterocycles. The molecule has 0 radical (unpaired) electrons. The van der Waals surface area contributed by atoms with Crippen LogP contribution in [0.2, 0.25) is 0 Å². The molecule has 0 unspecified atom stereocenters. The summed E-state index contributed by atoms with van der Waals surface area (Å²) in [5.41, 5.74) is 0. The van der Waals surface area contributed by atoms with Gasteiger partial charge in [-0.3, -0.25) is 9.59 Å². The molecule has 0 saturated carbocycles. The zero-order chi connectivity index (χ0) is 9.40. The van der Waals surface area contributed by atoms with E-state index in [1.54, 1.807) is 0 Å². The van der Waals surface area contributed by atoms with Gasteiger partial charge in [0.15, 0.2) is 0 Å². The van der Waals surface area contributed by atoms with Crippen molar-refractivity contribution in [2.24, 2.45) is 0 Å². The van der Waals surface area contributed by atoms with Crippen LogP contribution in [-0.4, -0.2) is 24.9 Å². The highest BCUT2D eigenvalue weighted by molar-refractivity contribution is 6.35. The number of amides is 2. The van der Waals surface area contributed by atoms with Crippen LogP contribution in [0.1, 0.15) is 13.3 Å². The molecular formula is C8H14N2O2. The first-order valence-corrected chi connectivity index (χ1v) is 3.89. The molecule has 2 N–H and O–H groups in total. The summed E-state index contributed by atoms with van der Waals surface area (Å²) < 4.78 is 0. The molecule has 0 aliphatic rings. The van der Waals surface area contributed by atoms with Crippen LogP contribution >= 0.6 is 0 Å². The predicted octanol–water partition coefficient (Wildman–Crippen LogP) is -0.185. The van der Waals surface area contributed by atoms with Crippen LogP contribution in [0.5, 0.6) is 0 Å². The molecule has 0 spiro atoms. The molecule has 2 amide bonds. The van der Waals surface area contributed by atoms with E-state index < -0.39 is 11.8 Å². The van der Waals surface area contributed by atoms with Gasteiger partial charge in [-0.25, -0.2) is 0 Å². The number of rotatable bonds is 4. The summed E-state index contributed by atoms with van der Waals surface area (Å²) in [6, 6.07) is 0. The molecule has 0 aliphatic carbocycles. The van der Waals surface area contributed by atoms with E-state index in [-0.39, 0.29) is 0 Å². The van der Waals surface area contributed by atoms with Crippen LogP contribution in [0, 0.1) is 0 Å². The maximum atomic E-state index is 10.9. The lowest BCUT2D eigenvalue weighted by Crippen LogP contribution is -2.40. The maximum Gasteiger partial charge on any atom is 0.309 e. The molecule has 68 valence electrons. The fourth-order valence-corrected chi connectivity index (χ4v) is 0.564. The molecule has 0 heterocycles. The molecule has 0 aromatic rings. The summed E-state index contributed by atoms with van der Waals surface area (Å²) in [5, 5.41) is 4.83. The van der Waals surface area contributed by atoms with Crippen molar-refractivity contribution < 1.29 is 9.59 Å². The smallest absolute Gasteiger partial charge is 0.309 e. The van der Waals surface area contributed by atoms with Gasteiger partial charge in [0.05, 0.1) is 0 Å². The van der Waals surface area contributed by atoms with Crippen molar-refractivity contribution >= 4 is 11.8 Å². The Hall–Kier alpha value is -1.32. The number of nitrogens with one attached hydrogen (secondary N) is 2. The average Bonchev–Trinajstić information content (AvgIpc) is 2.10. The molecule has 4 heteroatoms. The third-order valence-corrected chi connectivity index (χ3v) is 1.15. The molecule has 0 aromatic heterocycles. The van der Waals surface area contributed by atoms with E-state index in [0.29, 0.717) is 13.1 Å². The highest BCUT2D eigenvalue weighted by Crippen LogP contribution is 1.72. The van der Waals surface area contributed by atoms with E-state index in [1.807, 2.05) is 6.92 Å². The van der Waals surface area contributed by atoms with E-state index in [1.165, 1.54) is 6.08 Å². The van der Waals surface area contributed by atoms with E-state index in [2.05, 4.69) is 17.2 Å². The van der Waals surface area contributed by atoms with Gasteiger partial charge in [0.1, 0.15) is 0 Å². The number of hydrogen-bond donors (Lipinski definition) is 2. The fourth-order valence-electron chi connectivity index (χ4n) is 0.564. The van der Waals surface area contributed by atoms with Crippen LogP contribution in [0.4, 0.5) is 0 Å². The summed E-state index contributed by atoms with van der Waals surface area (Å²) in [6.45, 7) is 6.17. The van der Waals surface area contributed by atoms with Gasteiger partial charge in [-0.15, -0.1) is 6.58 Å². The van der Waals surface area contributed by atoms with Gasteiger partial charge in [-0.1, -0.05) is 13.0 Å². The van der Waals surface area contributed by atoms with Gasteiger partial charge in [0, 0.05) is 13.1 Å². The molecule has 12 heavy (non-hydrogen) atoms. The minimum Gasteiger partial charge on any atom is -0.348 e. The number of carbonyl (C=O) groups excluding carboxylic acids is 2. The summed E-state index contributed by atoms with van der Waals surface area (Å²) in [4.78, 5) is 21.7. The van der Waals surface area contributed by atoms with Crippen molar-refractivity contribution in [3.63, 3.8) is 0 Å². The summed E-state index contributed by atoms with van der Waals surface area (Å²) >= 11 is 0. The minimum atomic E-state index is -0.608. The third kappa shape index (κ3) is 4.49. The number of hydrogen-bond acceptors (Lipinski definition) is 2. The Bertz CT molecular complexity index is 178. The first-order chi connectivity index (χ1) is 5.72. The molecule has 0 atom stereocenters. The predicted molar refractivity (Wildman–Crippen MR) is 46.5 cm³/mol. The lowest BCUT2D eigenvalue weighted by atomic mass is 10.4. The maximum absolute atomic E-state index is 10.9. The molecular weight excluding hydrogens is 156 g/mol. The van der Waals surface area contributed by atoms with E-state index in [0.717, 1.165) is 6.42 Å². The molecule has 0 aromatic carbocycles. The molecule has 0 fully saturated rings. The SMILES string of the molecule is C=CCNC(=O)C(=O)NCCC. The van der Waals surface area contributed by atoms with Crippen LogP contribution in [-0.2, 0) is 9.59 Å². The van der Waals surface area contributed by atoms with Crippen LogP contribution in [0.3, 0.4) is 0 Å². The second-order valence-corrected chi connectivity index (χ2v) is 2.25. The topological polar surface area (TPSA) is 58.2 Å². The van der Waals surface area contributed by atoms with Crippen molar-refractivity contribution in [1.82, 2.24) is 10.6 Å². The Morgan fingerprint density at radius 2 is 1.92 bits per heavy atom. The molecule has 0 bridgehead atoms. The van der Waals surface area contributed by atoms with Crippen LogP contribution < -0.4 is 10.6 Å². The normalized spacial score (nSPS) is 8.75. The largest absolute Gasteiger partial charge is 0.348 e. The lowest BCUT2D eigenvalue weighted by molar-refractivity contribution is -0.139. The Morgan fingerprint density at radius 3 is 2.42 bits per heavy atom. The van der Waals surface area contributed by atoms with Gasteiger partial charge >= 0.3 is 11.8 Å². The zero-order valence-electron chi connectivity index (χ0n) is 7.22. The van der Waals surface area contributed by atoms with Crippen molar-refractivity contribution in [2.75, 3.05) is 13.1 Å². The van der Waals surface area contributed by atoms with E-state index >= 15 is 0 Å². The van der Waals surface area contributed by atoms with Crippen LogP contribution in [0.15, 0.2) is 12.7 Å². The van der Waals surface area contributed by atoms with Crippen LogP contribution in [0.25, 0.3) is 0 Å². The highest BCUT2D eigenvalue weighted by Gasteiger charge is 2.09. The van der Waals surface area contributed by atoms with Crippen molar-refractivity contribution in [3.8, 4) is 0 Å². The molecule has 0 rings (SSSR count). The fraction of sp³-hybridized carbons (Fsp3) is 0.500. The van der Waals surface area contributed by atoms with Gasteiger partial charge < -0.3 is 10.6 Å². The van der Waals surface area contributed by atoms with Gasteiger partial charge in [0.25, 0.3) is 0 Å². The average molecular weight is 170 g/mol. The lowest BCUT2D eigenvalue weighted by Gasteiger charge is -2.02. The number of carbonyl (C=O) groups is 2. The Balaban J connectivity index is 3.61. The van der Waals surface area contributed by atoms with E-state index in [9.17, 15) is 9.59 Å². The van der Waals surface area contributed by atoms with Gasteiger partial charge in [0.2, 0.25) is 0 Å². The summed E-state index contributed by atoms with van der Waals surface area (Å²) in [6.07, 6.45) is 2.34. The minimum absolute atomic E-state index is 0.318. The molecule has 4 nitrogen and oxygen atoms in total. The second-order valence-electron chi connectivity index (χ2n) is 2.25.